The van der Waals surface area contributed by atoms with Gasteiger partial charge in [-0.15, -0.1) is 0 Å². The summed E-state index contributed by atoms with van der Waals surface area (Å²) in [4.78, 5) is 27.0. The summed E-state index contributed by atoms with van der Waals surface area (Å²) in [5.74, 6) is 1.96. The van der Waals surface area contributed by atoms with Gasteiger partial charge in [-0.25, -0.2) is 4.79 Å². The van der Waals surface area contributed by atoms with E-state index in [2.05, 4.69) is 54.6 Å². The highest BCUT2D eigenvalue weighted by Crippen LogP contribution is 2.45. The molecule has 3 aromatic carbocycles. The van der Waals surface area contributed by atoms with Crippen molar-refractivity contribution in [2.24, 2.45) is 0 Å². The van der Waals surface area contributed by atoms with Crippen molar-refractivity contribution >= 4 is 29.9 Å². The Labute approximate surface area is 334 Å². The van der Waals surface area contributed by atoms with Crippen LogP contribution in [-0.4, -0.2) is 72.2 Å². The van der Waals surface area contributed by atoms with Crippen molar-refractivity contribution in [2.45, 2.75) is 101 Å². The Bertz CT molecular complexity index is 1930. The predicted molar refractivity (Wildman–Crippen MR) is 225 cm³/mol. The monoisotopic (exact) mass is 808 g/mol. The zero-order valence-electron chi connectivity index (χ0n) is 33.6. The Balaban J connectivity index is 1.58. The fraction of sp³-hybridized carbons (Fsp3) is 0.476. The van der Waals surface area contributed by atoms with Crippen LogP contribution in [0.25, 0.3) is 0 Å². The highest BCUT2D eigenvalue weighted by atomic mass is 33.1. The van der Waals surface area contributed by atoms with Crippen molar-refractivity contribution in [3.05, 3.63) is 129 Å². The van der Waals surface area contributed by atoms with Crippen LogP contribution in [0.1, 0.15) is 64.5 Å². The molecular weight excluding hydrogens is 753 g/mol. The number of benzene rings is 3. The highest BCUT2D eigenvalue weighted by molar-refractivity contribution is 8.77. The van der Waals surface area contributed by atoms with Gasteiger partial charge in [-0.2, -0.15) is 0 Å². The average Bonchev–Trinajstić information content (AvgIpc) is 3.44. The molecule has 1 saturated heterocycles. The third-order valence-electron chi connectivity index (χ3n) is 10.3. The first-order valence-corrected chi connectivity index (χ1v) is 23.8. The van der Waals surface area contributed by atoms with Gasteiger partial charge < -0.3 is 28.5 Å². The standard InChI is InChI=1S/C42H56N2O8S2Si/c1-40(2,3)54-53-27-26-43-35(45)24-25-44(39(43)47)38-36(46)37(52-55(9,10)41(4,5)6)34(51-38)28-50-42(29-14-12-11-13-15-29,30-16-20-32(48-7)21-17-30)31-18-22-33(49-8)23-19-31/h11-25,34,36-38,46H,26-28H2,1-10H3/t34-,36-,37-,38-/m1/s1. The fourth-order valence-corrected chi connectivity index (χ4v) is 9.86. The molecule has 0 amide bonds. The van der Waals surface area contributed by atoms with Crippen molar-refractivity contribution in [2.75, 3.05) is 26.6 Å². The van der Waals surface area contributed by atoms with Crippen LogP contribution in [-0.2, 0) is 26.0 Å². The lowest BCUT2D eigenvalue weighted by molar-refractivity contribution is -0.0950. The van der Waals surface area contributed by atoms with E-state index in [9.17, 15) is 14.7 Å². The number of methoxy groups -OCH3 is 2. The number of hydrogen-bond donors (Lipinski definition) is 1. The molecule has 10 nitrogen and oxygen atoms in total. The summed E-state index contributed by atoms with van der Waals surface area (Å²) in [7, 11) is 4.05. The van der Waals surface area contributed by atoms with Crippen LogP contribution in [0.3, 0.4) is 0 Å². The van der Waals surface area contributed by atoms with Gasteiger partial charge in [0.1, 0.15) is 35.4 Å². The van der Waals surface area contributed by atoms with Gasteiger partial charge >= 0.3 is 5.69 Å². The molecule has 55 heavy (non-hydrogen) atoms. The Hall–Kier alpha value is -3.30. The summed E-state index contributed by atoms with van der Waals surface area (Å²) in [6, 6.07) is 26.8. The molecule has 0 spiro atoms. The number of aliphatic hydroxyl groups excluding tert-OH is 1. The highest BCUT2D eigenvalue weighted by Gasteiger charge is 2.52. The summed E-state index contributed by atoms with van der Waals surface area (Å²) >= 11 is 0. The van der Waals surface area contributed by atoms with E-state index in [4.69, 9.17) is 23.4 Å². The van der Waals surface area contributed by atoms with Crippen molar-refractivity contribution in [1.29, 1.82) is 0 Å². The van der Waals surface area contributed by atoms with E-state index < -0.39 is 49.7 Å². The van der Waals surface area contributed by atoms with Gasteiger partial charge in [-0.05, 0) is 59.1 Å². The van der Waals surface area contributed by atoms with Crippen LogP contribution in [0.5, 0.6) is 11.5 Å². The van der Waals surface area contributed by atoms with Gasteiger partial charge in [0.25, 0.3) is 5.56 Å². The van der Waals surface area contributed by atoms with E-state index in [0.717, 1.165) is 16.7 Å². The molecule has 5 rings (SSSR count). The molecule has 1 aliphatic heterocycles. The molecule has 1 N–H and O–H groups in total. The van der Waals surface area contributed by atoms with Gasteiger partial charge in [-0.3, -0.25) is 13.9 Å². The third kappa shape index (κ3) is 9.64. The summed E-state index contributed by atoms with van der Waals surface area (Å²) in [6.07, 6.45) is -2.63. The van der Waals surface area contributed by atoms with E-state index in [0.29, 0.717) is 17.3 Å². The normalized spacial score (nSPS) is 19.4. The zero-order valence-corrected chi connectivity index (χ0v) is 36.2. The van der Waals surface area contributed by atoms with Crippen LogP contribution in [0.4, 0.5) is 0 Å². The van der Waals surface area contributed by atoms with Crippen LogP contribution in [0, 0.1) is 0 Å². The maximum absolute atomic E-state index is 14.0. The number of rotatable bonds is 15. The quantitative estimate of drug-likeness (QED) is 0.0552. The fourth-order valence-electron chi connectivity index (χ4n) is 6.31. The molecular formula is C42H56N2O8S2Si. The molecule has 1 aromatic heterocycles. The first-order chi connectivity index (χ1) is 25.9. The van der Waals surface area contributed by atoms with Gasteiger partial charge in [0.2, 0.25) is 0 Å². The van der Waals surface area contributed by atoms with Gasteiger partial charge in [0, 0.05) is 29.3 Å². The SMILES string of the molecule is COc1ccc(C(OC[C@H]2O[C@@H](n3ccc(=O)n(CCSSC(C)(C)C)c3=O)[C@H](O)[C@@H]2O[Si](C)(C)C(C)(C)C)(c2ccccc2)c2ccc(OC)cc2)cc1. The lowest BCUT2D eigenvalue weighted by Crippen LogP contribution is -2.50. The summed E-state index contributed by atoms with van der Waals surface area (Å²) in [6.45, 7) is 17.2. The molecule has 4 atom stereocenters. The molecule has 298 valence electrons. The Morgan fingerprint density at radius 2 is 1.35 bits per heavy atom. The van der Waals surface area contributed by atoms with E-state index in [1.807, 2.05) is 78.9 Å². The predicted octanol–water partition coefficient (Wildman–Crippen LogP) is 7.86. The van der Waals surface area contributed by atoms with E-state index in [1.54, 1.807) is 35.8 Å². The minimum absolute atomic E-state index is 0.0190. The second-order valence-corrected chi connectivity index (χ2v) is 24.2. The maximum atomic E-state index is 14.0. The van der Waals surface area contributed by atoms with Crippen molar-refractivity contribution in [3.63, 3.8) is 0 Å². The lowest BCUT2D eigenvalue weighted by atomic mass is 9.80. The second kappa shape index (κ2) is 17.5. The van der Waals surface area contributed by atoms with Crippen LogP contribution < -0.4 is 20.7 Å². The number of aromatic nitrogens is 2. The lowest BCUT2D eigenvalue weighted by Gasteiger charge is -2.41. The molecule has 13 heteroatoms. The summed E-state index contributed by atoms with van der Waals surface area (Å²) in [5, 5.41) is 11.9. The molecule has 0 radical (unpaired) electrons. The number of ether oxygens (including phenoxy) is 4. The third-order valence-corrected chi connectivity index (χ3v) is 18.1. The molecule has 0 aliphatic carbocycles. The number of aliphatic hydroxyl groups is 1. The van der Waals surface area contributed by atoms with E-state index >= 15 is 0 Å². The molecule has 0 unspecified atom stereocenters. The molecule has 1 aliphatic rings. The smallest absolute Gasteiger partial charge is 0.333 e. The summed E-state index contributed by atoms with van der Waals surface area (Å²) < 4.78 is 34.4. The van der Waals surface area contributed by atoms with Gasteiger partial charge in [0.15, 0.2) is 14.5 Å². The molecule has 0 saturated carbocycles. The van der Waals surface area contributed by atoms with Crippen LogP contribution in [0.15, 0.2) is 101 Å². The first kappa shape index (κ1) is 42.8. The molecule has 0 bridgehead atoms. The largest absolute Gasteiger partial charge is 0.497 e. The molecule has 4 aromatic rings. The Kier molecular flexibility index (Phi) is 13.6. The van der Waals surface area contributed by atoms with E-state index in [-0.39, 0.29) is 22.9 Å². The molecule has 1 fully saturated rings. The van der Waals surface area contributed by atoms with E-state index in [1.165, 1.54) is 21.4 Å². The first-order valence-electron chi connectivity index (χ1n) is 18.5. The van der Waals surface area contributed by atoms with Gasteiger partial charge in [-0.1, -0.05) is 118 Å². The van der Waals surface area contributed by atoms with Crippen LogP contribution in [0.2, 0.25) is 18.1 Å². The average molecular weight is 809 g/mol. The minimum Gasteiger partial charge on any atom is -0.497 e. The Morgan fingerprint density at radius 3 is 1.85 bits per heavy atom. The van der Waals surface area contributed by atoms with Crippen LogP contribution >= 0.6 is 21.6 Å². The van der Waals surface area contributed by atoms with Gasteiger partial charge in [0.05, 0.1) is 20.8 Å². The maximum Gasteiger partial charge on any atom is 0.333 e. The van der Waals surface area contributed by atoms with Crippen molar-refractivity contribution < 1.29 is 28.5 Å². The van der Waals surface area contributed by atoms with Crippen molar-refractivity contribution in [3.8, 4) is 11.5 Å². The number of hydrogen-bond acceptors (Lipinski definition) is 10. The van der Waals surface area contributed by atoms with Crippen molar-refractivity contribution in [1.82, 2.24) is 9.13 Å². The minimum atomic E-state index is -2.51. The number of nitrogens with zero attached hydrogens (tertiary/aromatic N) is 2. The summed E-state index contributed by atoms with van der Waals surface area (Å²) in [5.41, 5.74) is 0.435. The Morgan fingerprint density at radius 1 is 0.800 bits per heavy atom. The second-order valence-electron chi connectivity index (χ2n) is 16.2. The topological polar surface area (TPSA) is 110 Å². The zero-order chi connectivity index (χ0) is 40.2. The molecule has 2 heterocycles.